The van der Waals surface area contributed by atoms with Crippen molar-refractivity contribution in [3.63, 3.8) is 0 Å². The van der Waals surface area contributed by atoms with Gasteiger partial charge in [-0.2, -0.15) is 4.98 Å². The predicted octanol–water partition coefficient (Wildman–Crippen LogP) is -0.235. The zero-order valence-corrected chi connectivity index (χ0v) is 11.6. The summed E-state index contributed by atoms with van der Waals surface area (Å²) in [7, 11) is 0. The van der Waals surface area contributed by atoms with Crippen LogP contribution < -0.4 is 4.74 Å². The molecule has 8 nitrogen and oxygen atoms in total. The topological polar surface area (TPSA) is 103 Å². The van der Waals surface area contributed by atoms with Gasteiger partial charge in [-0.3, -0.25) is 4.57 Å². The van der Waals surface area contributed by atoms with Gasteiger partial charge < -0.3 is 19.7 Å². The molecule has 3 heterocycles. The third kappa shape index (κ3) is 2.14. The van der Waals surface area contributed by atoms with Gasteiger partial charge in [0.25, 0.3) is 0 Å². The minimum atomic E-state index is -2.27. The van der Waals surface area contributed by atoms with E-state index in [9.17, 15) is 5.11 Å². The Balaban J connectivity index is 2.04. The van der Waals surface area contributed by atoms with E-state index in [2.05, 4.69) is 21.5 Å². The maximum absolute atomic E-state index is 15.1. The number of aliphatic hydroxyl groups is 2. The van der Waals surface area contributed by atoms with E-state index in [0.717, 1.165) is 4.57 Å². The van der Waals surface area contributed by atoms with E-state index in [1.807, 2.05) is 0 Å². The maximum atomic E-state index is 15.1. The lowest BCUT2D eigenvalue weighted by molar-refractivity contribution is -0.0462. The molecule has 2 aromatic rings. The van der Waals surface area contributed by atoms with Crippen molar-refractivity contribution in [1.82, 2.24) is 19.5 Å². The smallest absolute Gasteiger partial charge is 0.245 e. The van der Waals surface area contributed by atoms with Gasteiger partial charge in [-0.25, -0.2) is 14.4 Å². The second kappa shape index (κ2) is 5.59. The molecule has 1 aliphatic rings. The molecule has 22 heavy (non-hydrogen) atoms. The lowest BCUT2D eigenvalue weighted by Crippen LogP contribution is -2.43. The first-order valence-corrected chi connectivity index (χ1v) is 6.63. The van der Waals surface area contributed by atoms with Crippen molar-refractivity contribution in [3.05, 3.63) is 25.3 Å². The molecule has 1 fully saturated rings. The number of rotatable bonds is 5. The number of halogens is 1. The Bertz CT molecular complexity index is 694. The molecular formula is C13H15FN4O4. The molecule has 0 saturated carbocycles. The number of hydrogen-bond donors (Lipinski definition) is 2. The average Bonchev–Trinajstić information content (AvgIpc) is 3.09. The molecule has 1 saturated heterocycles. The van der Waals surface area contributed by atoms with Crippen LogP contribution in [0.5, 0.6) is 5.88 Å². The molecule has 3 atom stereocenters. The van der Waals surface area contributed by atoms with Crippen LogP contribution in [0.3, 0.4) is 0 Å². The van der Waals surface area contributed by atoms with Crippen LogP contribution in [0.25, 0.3) is 11.2 Å². The third-order valence-electron chi connectivity index (χ3n) is 3.52. The number of aliphatic hydroxyl groups excluding tert-OH is 2. The summed E-state index contributed by atoms with van der Waals surface area (Å²) >= 11 is 0. The fourth-order valence-corrected chi connectivity index (χ4v) is 2.38. The molecule has 9 heteroatoms. The highest BCUT2D eigenvalue weighted by atomic mass is 19.1. The normalized spacial score (nSPS) is 28.1. The average molecular weight is 310 g/mol. The summed E-state index contributed by atoms with van der Waals surface area (Å²) in [5.74, 6) is -2.08. The monoisotopic (exact) mass is 310 g/mol. The van der Waals surface area contributed by atoms with E-state index < -0.39 is 31.2 Å². The summed E-state index contributed by atoms with van der Waals surface area (Å²) < 4.78 is 26.6. The van der Waals surface area contributed by atoms with Crippen LogP contribution in [0.1, 0.15) is 0 Å². The Morgan fingerprint density at radius 2 is 2.36 bits per heavy atom. The van der Waals surface area contributed by atoms with E-state index in [-0.39, 0.29) is 23.7 Å². The number of hydrogen-bond acceptors (Lipinski definition) is 7. The minimum absolute atomic E-state index is 0.165. The summed E-state index contributed by atoms with van der Waals surface area (Å²) in [6.07, 6.45) is 1.42. The summed E-state index contributed by atoms with van der Waals surface area (Å²) in [6, 6.07) is 0. The van der Waals surface area contributed by atoms with Gasteiger partial charge in [0.1, 0.15) is 38.1 Å². The number of fused-ring (bicyclic) bond motifs is 1. The molecule has 0 aromatic carbocycles. The summed E-state index contributed by atoms with van der Waals surface area (Å²) in [5.41, 5.74) is 0.429. The number of nitrogens with zero attached hydrogens (tertiary/aromatic N) is 4. The van der Waals surface area contributed by atoms with Crippen molar-refractivity contribution < 1.29 is 24.1 Å². The van der Waals surface area contributed by atoms with Crippen LogP contribution >= 0.6 is 0 Å². The number of imidazole rings is 1. The van der Waals surface area contributed by atoms with E-state index in [1.54, 1.807) is 6.08 Å². The van der Waals surface area contributed by atoms with Crippen molar-refractivity contribution in [3.8, 4) is 5.88 Å². The van der Waals surface area contributed by atoms with Crippen LogP contribution in [0.2, 0.25) is 0 Å². The van der Waals surface area contributed by atoms with Crippen LogP contribution in [0, 0.1) is 0 Å². The van der Waals surface area contributed by atoms with Crippen LogP contribution in [0.15, 0.2) is 25.3 Å². The lowest BCUT2D eigenvalue weighted by Gasteiger charge is -2.24. The largest absolute Gasteiger partial charge is 0.472 e. The molecule has 2 aromatic heterocycles. The highest BCUT2D eigenvalue weighted by Gasteiger charge is 2.52. The molecule has 3 rings (SSSR count). The Morgan fingerprint density at radius 1 is 1.55 bits per heavy atom. The van der Waals surface area contributed by atoms with Crippen molar-refractivity contribution in [2.24, 2.45) is 0 Å². The van der Waals surface area contributed by atoms with E-state index >= 15 is 4.39 Å². The molecule has 0 spiro atoms. The second-order valence-corrected chi connectivity index (χ2v) is 4.86. The fourth-order valence-electron chi connectivity index (χ4n) is 2.38. The number of aromatic nitrogens is 4. The van der Waals surface area contributed by atoms with E-state index in [4.69, 9.17) is 14.6 Å². The SMILES string of the molecule is C=CCOc1ncnc2c1ncn2[C@@]1(F)CO[C@H](CO)[C@H]1O. The zero-order valence-electron chi connectivity index (χ0n) is 11.6. The van der Waals surface area contributed by atoms with Gasteiger partial charge in [-0.15, -0.1) is 0 Å². The van der Waals surface area contributed by atoms with E-state index in [1.165, 1.54) is 12.7 Å². The molecule has 0 unspecified atom stereocenters. The molecule has 0 radical (unpaired) electrons. The molecule has 2 N–H and O–H groups in total. The van der Waals surface area contributed by atoms with Gasteiger partial charge >= 0.3 is 0 Å². The first-order chi connectivity index (χ1) is 10.6. The highest BCUT2D eigenvalue weighted by molar-refractivity contribution is 5.76. The quantitative estimate of drug-likeness (QED) is 0.735. The number of alkyl halides is 1. The fraction of sp³-hybridized carbons (Fsp3) is 0.462. The van der Waals surface area contributed by atoms with Gasteiger partial charge in [-0.05, 0) is 0 Å². The Hall–Kier alpha value is -2.10. The van der Waals surface area contributed by atoms with E-state index in [0.29, 0.717) is 0 Å². The Morgan fingerprint density at radius 3 is 3.05 bits per heavy atom. The first-order valence-electron chi connectivity index (χ1n) is 6.63. The Labute approximate surface area is 124 Å². The first kappa shape index (κ1) is 14.8. The standard InChI is InChI=1S/C13H15FN4O4/c1-2-3-21-12-9-11(15-6-16-12)18(7-17-9)13(14)5-22-8(4-19)10(13)20/h2,6-8,10,19-20H,1,3-5H2/t8-,10-,13+/m1/s1. The second-order valence-electron chi connectivity index (χ2n) is 4.86. The predicted molar refractivity (Wildman–Crippen MR) is 72.9 cm³/mol. The maximum Gasteiger partial charge on any atom is 0.245 e. The summed E-state index contributed by atoms with van der Waals surface area (Å²) in [4.78, 5) is 12.0. The molecule has 1 aliphatic heterocycles. The van der Waals surface area contributed by atoms with Crippen molar-refractivity contribution >= 4 is 11.2 Å². The highest BCUT2D eigenvalue weighted by Crippen LogP contribution is 2.36. The van der Waals surface area contributed by atoms with Gasteiger partial charge in [0.15, 0.2) is 11.2 Å². The van der Waals surface area contributed by atoms with Crippen molar-refractivity contribution in [2.75, 3.05) is 19.8 Å². The molecule has 0 bridgehead atoms. The van der Waals surface area contributed by atoms with Crippen LogP contribution in [-0.4, -0.2) is 61.8 Å². The van der Waals surface area contributed by atoms with Crippen LogP contribution in [0.4, 0.5) is 4.39 Å². The number of ether oxygens (including phenoxy) is 2. The van der Waals surface area contributed by atoms with Crippen molar-refractivity contribution in [2.45, 2.75) is 18.0 Å². The minimum Gasteiger partial charge on any atom is -0.472 e. The lowest BCUT2D eigenvalue weighted by atomic mass is 10.1. The van der Waals surface area contributed by atoms with Gasteiger partial charge in [0.2, 0.25) is 11.7 Å². The third-order valence-corrected chi connectivity index (χ3v) is 3.52. The van der Waals surface area contributed by atoms with Crippen molar-refractivity contribution in [1.29, 1.82) is 0 Å². The van der Waals surface area contributed by atoms with Gasteiger partial charge in [0, 0.05) is 0 Å². The molecule has 0 aliphatic carbocycles. The zero-order chi connectivity index (χ0) is 15.7. The van der Waals surface area contributed by atoms with Gasteiger partial charge in [-0.1, -0.05) is 12.7 Å². The van der Waals surface area contributed by atoms with Crippen LogP contribution in [-0.2, 0) is 10.5 Å². The summed E-state index contributed by atoms with van der Waals surface area (Å²) in [6.45, 7) is 2.85. The molecular weight excluding hydrogens is 295 g/mol. The van der Waals surface area contributed by atoms with Gasteiger partial charge in [0.05, 0.1) is 6.61 Å². The molecule has 118 valence electrons. The summed E-state index contributed by atoms with van der Waals surface area (Å²) in [5, 5.41) is 19.1. The Kier molecular flexibility index (Phi) is 3.77. The molecule has 0 amide bonds.